The smallest absolute Gasteiger partial charge is 0.408 e. The van der Waals surface area contributed by atoms with Crippen LogP contribution in [-0.2, 0) is 37.5 Å². The summed E-state index contributed by atoms with van der Waals surface area (Å²) in [7, 11) is -3.78. The summed E-state index contributed by atoms with van der Waals surface area (Å²) in [5.41, 5.74) is 1.52. The molecule has 2 rings (SSSR count). The minimum absolute atomic E-state index is 0.00110. The first-order valence-corrected chi connectivity index (χ1v) is 10.4. The zero-order valence-electron chi connectivity index (χ0n) is 15.6. The lowest BCUT2D eigenvalue weighted by Crippen LogP contribution is -2.44. The number of nitrogens with one attached hydrogen (secondary N) is 2. The van der Waals surface area contributed by atoms with Gasteiger partial charge in [0.05, 0.1) is 5.75 Å². The second kappa shape index (κ2) is 11.1. The van der Waals surface area contributed by atoms with Gasteiger partial charge in [-0.2, -0.15) is 4.83 Å². The summed E-state index contributed by atoms with van der Waals surface area (Å²) >= 11 is 0. The Morgan fingerprint density at radius 1 is 0.897 bits per heavy atom. The topological polar surface area (TPSA) is 137 Å². The lowest BCUT2D eigenvalue weighted by Gasteiger charge is -2.17. The van der Waals surface area contributed by atoms with E-state index in [0.29, 0.717) is 0 Å². The van der Waals surface area contributed by atoms with E-state index in [-0.39, 0.29) is 19.6 Å². The highest BCUT2D eigenvalue weighted by Crippen LogP contribution is 2.06. The fourth-order valence-corrected chi connectivity index (χ4v) is 2.98. The monoisotopic (exact) mass is 421 g/mol. The Hall–Kier alpha value is -2.95. The molecule has 1 amide bonds. The van der Waals surface area contributed by atoms with Gasteiger partial charge in [-0.3, -0.25) is 5.84 Å². The first-order chi connectivity index (χ1) is 13.9. The molecule has 0 heterocycles. The second-order valence-corrected chi connectivity index (χ2v) is 7.95. The number of alkyl carbamates (subject to hydrolysis) is 1. The number of hydrogen-bond acceptors (Lipinski definition) is 7. The first kappa shape index (κ1) is 22.3. The van der Waals surface area contributed by atoms with Gasteiger partial charge in [-0.25, -0.2) is 18.0 Å². The highest BCUT2D eigenvalue weighted by molar-refractivity contribution is 7.89. The molecule has 0 fully saturated rings. The zero-order valence-corrected chi connectivity index (χ0v) is 16.4. The lowest BCUT2D eigenvalue weighted by atomic mass is 10.2. The summed E-state index contributed by atoms with van der Waals surface area (Å²) in [4.78, 5) is 26.1. The third-order valence-corrected chi connectivity index (χ3v) is 5.00. The van der Waals surface area contributed by atoms with Crippen LogP contribution < -0.4 is 16.0 Å². The fraction of sp³-hybridized carbons (Fsp3) is 0.263. The number of benzene rings is 2. The van der Waals surface area contributed by atoms with Crippen molar-refractivity contribution in [3.05, 3.63) is 71.8 Å². The molecule has 0 aliphatic carbocycles. The van der Waals surface area contributed by atoms with E-state index in [9.17, 15) is 18.0 Å². The summed E-state index contributed by atoms with van der Waals surface area (Å²) in [6.07, 6.45) is -1.10. The predicted octanol–water partition coefficient (Wildman–Crippen LogP) is 1.21. The molecule has 0 aromatic heterocycles. The molecule has 0 radical (unpaired) electrons. The van der Waals surface area contributed by atoms with Crippen molar-refractivity contribution in [3.8, 4) is 0 Å². The van der Waals surface area contributed by atoms with Crippen molar-refractivity contribution in [3.63, 3.8) is 0 Å². The molecule has 0 spiro atoms. The van der Waals surface area contributed by atoms with Crippen LogP contribution in [0.5, 0.6) is 0 Å². The van der Waals surface area contributed by atoms with Crippen LogP contribution in [0.4, 0.5) is 4.79 Å². The Morgan fingerprint density at radius 3 is 1.93 bits per heavy atom. The van der Waals surface area contributed by atoms with E-state index in [2.05, 4.69) is 5.32 Å². The Balaban J connectivity index is 1.95. The number of sulfonamides is 1. The molecule has 29 heavy (non-hydrogen) atoms. The molecular weight excluding hydrogens is 398 g/mol. The van der Waals surface area contributed by atoms with Crippen LogP contribution in [0.3, 0.4) is 0 Å². The van der Waals surface area contributed by atoms with Gasteiger partial charge in [-0.1, -0.05) is 60.7 Å². The number of ether oxygens (including phenoxy) is 2. The lowest BCUT2D eigenvalue weighted by molar-refractivity contribution is -0.147. The Bertz CT molecular complexity index is 891. The number of hydrogen-bond donors (Lipinski definition) is 3. The van der Waals surface area contributed by atoms with Gasteiger partial charge < -0.3 is 14.8 Å². The van der Waals surface area contributed by atoms with Crippen LogP contribution in [0.1, 0.15) is 17.5 Å². The van der Waals surface area contributed by atoms with Crippen molar-refractivity contribution in [2.24, 2.45) is 5.84 Å². The van der Waals surface area contributed by atoms with Gasteiger partial charge in [0.2, 0.25) is 10.0 Å². The molecule has 10 heteroatoms. The van der Waals surface area contributed by atoms with Gasteiger partial charge in [-0.05, 0) is 17.5 Å². The SMILES string of the molecule is NNS(=O)(=O)CC[C@@H](NC(=O)OCc1ccccc1)C(=O)OCc1ccccc1. The Morgan fingerprint density at radius 2 is 1.41 bits per heavy atom. The maximum atomic E-state index is 12.4. The molecule has 0 aliphatic rings. The van der Waals surface area contributed by atoms with Crippen LogP contribution >= 0.6 is 0 Å². The van der Waals surface area contributed by atoms with Gasteiger partial charge in [0, 0.05) is 0 Å². The van der Waals surface area contributed by atoms with Crippen molar-refractivity contribution in [1.29, 1.82) is 0 Å². The Kier molecular flexibility index (Phi) is 8.59. The van der Waals surface area contributed by atoms with E-state index in [0.717, 1.165) is 11.1 Å². The van der Waals surface area contributed by atoms with Crippen molar-refractivity contribution in [2.75, 3.05) is 5.75 Å². The van der Waals surface area contributed by atoms with Crippen LogP contribution in [-0.4, -0.2) is 32.3 Å². The van der Waals surface area contributed by atoms with Gasteiger partial charge in [0.25, 0.3) is 0 Å². The summed E-state index contributed by atoms with van der Waals surface area (Å²) in [6, 6.07) is 16.7. The summed E-state index contributed by atoms with van der Waals surface area (Å²) in [6.45, 7) is -0.0140. The summed E-state index contributed by atoms with van der Waals surface area (Å²) in [5, 5.41) is 2.35. The van der Waals surface area contributed by atoms with E-state index in [4.69, 9.17) is 15.3 Å². The number of rotatable bonds is 10. The molecule has 9 nitrogen and oxygen atoms in total. The van der Waals surface area contributed by atoms with E-state index in [1.807, 2.05) is 12.1 Å². The van der Waals surface area contributed by atoms with Crippen LogP contribution in [0.15, 0.2) is 60.7 Å². The van der Waals surface area contributed by atoms with Crippen molar-refractivity contribution >= 4 is 22.1 Å². The van der Waals surface area contributed by atoms with E-state index >= 15 is 0 Å². The van der Waals surface area contributed by atoms with E-state index in [1.54, 1.807) is 53.4 Å². The number of hydrazine groups is 1. The van der Waals surface area contributed by atoms with Gasteiger partial charge >= 0.3 is 12.1 Å². The van der Waals surface area contributed by atoms with Crippen molar-refractivity contribution in [2.45, 2.75) is 25.7 Å². The summed E-state index contributed by atoms with van der Waals surface area (Å²) < 4.78 is 33.4. The molecule has 2 aromatic rings. The minimum atomic E-state index is -3.78. The van der Waals surface area contributed by atoms with Crippen LogP contribution in [0, 0.1) is 0 Å². The normalized spacial score (nSPS) is 12.0. The fourth-order valence-electron chi connectivity index (χ4n) is 2.32. The number of nitrogens with two attached hydrogens (primary N) is 1. The van der Waals surface area contributed by atoms with Crippen LogP contribution in [0.2, 0.25) is 0 Å². The molecule has 1 atom stereocenters. The largest absolute Gasteiger partial charge is 0.459 e. The molecule has 0 aliphatic heterocycles. The molecule has 4 N–H and O–H groups in total. The van der Waals surface area contributed by atoms with E-state index < -0.39 is 33.9 Å². The van der Waals surface area contributed by atoms with Crippen molar-refractivity contribution in [1.82, 2.24) is 10.1 Å². The third kappa shape index (κ3) is 8.30. The molecule has 0 saturated carbocycles. The molecule has 0 bridgehead atoms. The minimum Gasteiger partial charge on any atom is -0.459 e. The maximum Gasteiger partial charge on any atom is 0.408 e. The quantitative estimate of drug-likeness (QED) is 0.298. The third-order valence-electron chi connectivity index (χ3n) is 3.87. The maximum absolute atomic E-state index is 12.4. The number of carbonyl (C=O) groups is 2. The van der Waals surface area contributed by atoms with Gasteiger partial charge in [-0.15, -0.1) is 0 Å². The Labute approximate surface area is 169 Å². The second-order valence-electron chi connectivity index (χ2n) is 6.08. The first-order valence-electron chi connectivity index (χ1n) is 8.77. The average Bonchev–Trinajstić information content (AvgIpc) is 2.75. The van der Waals surface area contributed by atoms with Gasteiger partial charge in [0.15, 0.2) is 0 Å². The molecule has 0 saturated heterocycles. The molecule has 0 unspecified atom stereocenters. The van der Waals surface area contributed by atoms with Crippen LogP contribution in [0.25, 0.3) is 0 Å². The number of amides is 1. The zero-order chi connectivity index (χ0) is 21.1. The molecular formula is C19H23N3O6S. The summed E-state index contributed by atoms with van der Waals surface area (Å²) in [5.74, 6) is 3.69. The molecule has 156 valence electrons. The highest BCUT2D eigenvalue weighted by Gasteiger charge is 2.25. The standard InChI is InChI=1S/C19H23N3O6S/c20-22-29(25,26)12-11-17(18(23)27-13-15-7-3-1-4-8-15)21-19(24)28-14-16-9-5-2-6-10-16/h1-10,17,22H,11-14,20H2,(H,21,24)/t17-/m1/s1. The van der Waals surface area contributed by atoms with E-state index in [1.165, 1.54) is 0 Å². The predicted molar refractivity (Wildman–Crippen MR) is 106 cm³/mol. The van der Waals surface area contributed by atoms with Crippen molar-refractivity contribution < 1.29 is 27.5 Å². The highest BCUT2D eigenvalue weighted by atomic mass is 32.2. The average molecular weight is 421 g/mol. The number of carbonyl (C=O) groups excluding carboxylic acids is 2. The number of esters is 1. The van der Waals surface area contributed by atoms with Gasteiger partial charge in [0.1, 0.15) is 19.3 Å². The molecule has 2 aromatic carbocycles.